The van der Waals surface area contributed by atoms with E-state index in [2.05, 4.69) is 10.3 Å². The van der Waals surface area contributed by atoms with Gasteiger partial charge in [-0.15, -0.1) is 0 Å². The molecule has 0 aromatic carbocycles. The minimum Gasteiger partial charge on any atom is -0.316 e. The maximum Gasteiger partial charge on any atom is 0.260 e. The number of hydrogen-bond donors (Lipinski definition) is 2. The van der Waals surface area contributed by atoms with Crippen LogP contribution in [0.4, 0.5) is 0 Å². The lowest BCUT2D eigenvalue weighted by atomic mass is 10.1. The van der Waals surface area contributed by atoms with Crippen molar-refractivity contribution in [1.29, 1.82) is 5.41 Å². The van der Waals surface area contributed by atoms with E-state index in [1.165, 1.54) is 0 Å². The van der Waals surface area contributed by atoms with Crippen molar-refractivity contribution in [2.45, 2.75) is 26.9 Å². The third-order valence-electron chi connectivity index (χ3n) is 4.30. The molecule has 0 fully saturated rings. The normalized spacial score (nSPS) is 11.9. The third-order valence-corrected chi connectivity index (χ3v) is 4.30. The summed E-state index contributed by atoms with van der Waals surface area (Å²) in [6.45, 7) is 5.12. The number of aryl methyl sites for hydroxylation is 1. The summed E-state index contributed by atoms with van der Waals surface area (Å²) in [6.07, 6.45) is 9.03. The molecule has 3 aromatic heterocycles. The summed E-state index contributed by atoms with van der Waals surface area (Å²) in [5, 5.41) is 12.7. The summed E-state index contributed by atoms with van der Waals surface area (Å²) in [7, 11) is 1.89. The monoisotopic (exact) mass is 349 g/mol. The number of fused-ring (bicyclic) bond motifs is 1. The van der Waals surface area contributed by atoms with Crippen LogP contribution in [0.2, 0.25) is 0 Å². The number of hydrogen-bond acceptors (Lipinski definition) is 4. The summed E-state index contributed by atoms with van der Waals surface area (Å²) in [6, 6.07) is 5.66. The Morgan fingerprint density at radius 2 is 2.08 bits per heavy atom. The van der Waals surface area contributed by atoms with E-state index < -0.39 is 0 Å². The zero-order valence-corrected chi connectivity index (χ0v) is 15.3. The molecular formula is C20H23N5O. The first-order chi connectivity index (χ1) is 12.5. The smallest absolute Gasteiger partial charge is 0.260 e. The van der Waals surface area contributed by atoms with Crippen molar-refractivity contribution in [1.82, 2.24) is 19.4 Å². The number of nitrogens with one attached hydrogen (secondary N) is 2. The molecule has 6 heteroatoms. The van der Waals surface area contributed by atoms with Gasteiger partial charge in [-0.3, -0.25) is 15.2 Å². The van der Waals surface area contributed by atoms with Crippen LogP contribution in [0.1, 0.15) is 18.1 Å². The van der Waals surface area contributed by atoms with E-state index in [-0.39, 0.29) is 5.56 Å². The predicted octanol–water partition coefficient (Wildman–Crippen LogP) is 2.27. The number of nitrogens with zero attached hydrogens (tertiary/aromatic N) is 3. The molecule has 0 radical (unpaired) electrons. The molecule has 26 heavy (non-hydrogen) atoms. The van der Waals surface area contributed by atoms with E-state index in [0.29, 0.717) is 17.4 Å². The first-order valence-electron chi connectivity index (χ1n) is 8.51. The highest BCUT2D eigenvalue weighted by molar-refractivity contribution is 5.83. The molecule has 0 amide bonds. The first kappa shape index (κ1) is 17.8. The van der Waals surface area contributed by atoms with Gasteiger partial charge in [-0.1, -0.05) is 6.07 Å². The van der Waals surface area contributed by atoms with Crippen LogP contribution in [-0.4, -0.2) is 21.2 Å². The predicted molar refractivity (Wildman–Crippen MR) is 104 cm³/mol. The molecule has 134 valence electrons. The average molecular weight is 349 g/mol. The van der Waals surface area contributed by atoms with Gasteiger partial charge >= 0.3 is 0 Å². The van der Waals surface area contributed by atoms with Gasteiger partial charge in [0.25, 0.3) is 5.56 Å². The fourth-order valence-electron chi connectivity index (χ4n) is 3.00. The Hall–Kier alpha value is -2.99. The van der Waals surface area contributed by atoms with Crippen molar-refractivity contribution in [2.24, 2.45) is 0 Å². The summed E-state index contributed by atoms with van der Waals surface area (Å²) in [4.78, 5) is 16.9. The number of aromatic nitrogens is 3. The Labute approximate surface area is 152 Å². The van der Waals surface area contributed by atoms with Crippen LogP contribution in [0.15, 0.2) is 53.4 Å². The lowest BCUT2D eigenvalue weighted by molar-refractivity contribution is 0.751. The SMILES string of the molecule is CNCc1ccc(=N)n(/C=C(\C)Cn2ccc3c(C)cncc3c2=O)c1. The highest BCUT2D eigenvalue weighted by Gasteiger charge is 2.05. The average Bonchev–Trinajstić information content (AvgIpc) is 2.61. The molecule has 0 atom stereocenters. The Morgan fingerprint density at radius 1 is 1.27 bits per heavy atom. The van der Waals surface area contributed by atoms with Gasteiger partial charge < -0.3 is 14.5 Å². The summed E-state index contributed by atoms with van der Waals surface area (Å²) < 4.78 is 3.46. The molecule has 3 heterocycles. The van der Waals surface area contributed by atoms with E-state index >= 15 is 0 Å². The van der Waals surface area contributed by atoms with Crippen LogP contribution < -0.4 is 16.4 Å². The molecule has 0 saturated carbocycles. The number of allylic oxidation sites excluding steroid dienone is 1. The van der Waals surface area contributed by atoms with Gasteiger partial charge in [0, 0.05) is 44.1 Å². The lowest BCUT2D eigenvalue weighted by Gasteiger charge is -2.10. The van der Waals surface area contributed by atoms with Crippen LogP contribution in [0.3, 0.4) is 0 Å². The molecular weight excluding hydrogens is 326 g/mol. The molecule has 0 unspecified atom stereocenters. The molecule has 3 rings (SSSR count). The molecule has 0 bridgehead atoms. The largest absolute Gasteiger partial charge is 0.316 e. The second kappa shape index (κ2) is 7.49. The van der Waals surface area contributed by atoms with E-state index in [4.69, 9.17) is 5.41 Å². The van der Waals surface area contributed by atoms with E-state index in [0.717, 1.165) is 28.6 Å². The number of rotatable bonds is 5. The van der Waals surface area contributed by atoms with E-state index in [1.807, 2.05) is 51.6 Å². The Morgan fingerprint density at radius 3 is 2.85 bits per heavy atom. The standard InChI is InChI=1S/C20H23N5O/c1-14(12-25-13-16(9-22-3)4-5-19(25)21)11-24-7-6-17-15(2)8-23-10-18(17)20(24)26/h4-8,10,12-13,21-22H,9,11H2,1-3H3/b14-12+,21-19?. The maximum absolute atomic E-state index is 12.7. The van der Waals surface area contributed by atoms with Crippen LogP contribution in [0, 0.1) is 12.3 Å². The van der Waals surface area contributed by atoms with Gasteiger partial charge in [0.1, 0.15) is 5.49 Å². The van der Waals surface area contributed by atoms with E-state index in [1.54, 1.807) is 27.6 Å². The Balaban J connectivity index is 1.94. The van der Waals surface area contributed by atoms with Crippen molar-refractivity contribution in [2.75, 3.05) is 7.05 Å². The molecule has 0 spiro atoms. The van der Waals surface area contributed by atoms with Gasteiger partial charge in [-0.2, -0.15) is 0 Å². The van der Waals surface area contributed by atoms with Crippen molar-refractivity contribution in [3.05, 3.63) is 75.5 Å². The first-order valence-corrected chi connectivity index (χ1v) is 8.51. The quantitative estimate of drug-likeness (QED) is 0.742. The van der Waals surface area contributed by atoms with Gasteiger partial charge in [-0.05, 0) is 55.1 Å². The van der Waals surface area contributed by atoms with Gasteiger partial charge in [0.2, 0.25) is 0 Å². The summed E-state index contributed by atoms with van der Waals surface area (Å²) in [5.74, 6) is 0. The molecule has 2 N–H and O–H groups in total. The topological polar surface area (TPSA) is 75.7 Å². The maximum atomic E-state index is 12.7. The molecule has 0 aliphatic carbocycles. The van der Waals surface area contributed by atoms with Gasteiger partial charge in [-0.25, -0.2) is 0 Å². The van der Waals surface area contributed by atoms with Gasteiger partial charge in [0.05, 0.1) is 5.39 Å². The molecule has 0 saturated heterocycles. The summed E-state index contributed by atoms with van der Waals surface area (Å²) in [5.41, 5.74) is 3.42. The zero-order chi connectivity index (χ0) is 18.7. The van der Waals surface area contributed by atoms with E-state index in [9.17, 15) is 4.79 Å². The lowest BCUT2D eigenvalue weighted by Crippen LogP contribution is -2.21. The van der Waals surface area contributed by atoms with Crippen molar-refractivity contribution in [3.8, 4) is 0 Å². The van der Waals surface area contributed by atoms with Crippen molar-refractivity contribution >= 4 is 17.0 Å². The van der Waals surface area contributed by atoms with Crippen LogP contribution in [0.5, 0.6) is 0 Å². The van der Waals surface area contributed by atoms with Crippen LogP contribution in [0.25, 0.3) is 17.0 Å². The highest BCUT2D eigenvalue weighted by Crippen LogP contribution is 2.13. The fraction of sp³-hybridized carbons (Fsp3) is 0.250. The van der Waals surface area contributed by atoms with Crippen LogP contribution in [-0.2, 0) is 13.1 Å². The molecule has 0 aliphatic rings. The molecule has 0 aliphatic heterocycles. The van der Waals surface area contributed by atoms with Crippen molar-refractivity contribution in [3.63, 3.8) is 0 Å². The molecule has 3 aromatic rings. The fourth-order valence-corrected chi connectivity index (χ4v) is 3.00. The minimum absolute atomic E-state index is 0.0496. The summed E-state index contributed by atoms with van der Waals surface area (Å²) >= 11 is 0. The van der Waals surface area contributed by atoms with Crippen LogP contribution >= 0.6 is 0 Å². The number of pyridine rings is 3. The minimum atomic E-state index is -0.0496. The van der Waals surface area contributed by atoms with Gasteiger partial charge in [0.15, 0.2) is 0 Å². The third kappa shape index (κ3) is 3.65. The molecule has 6 nitrogen and oxygen atoms in total. The van der Waals surface area contributed by atoms with Crippen molar-refractivity contribution < 1.29 is 0 Å². The second-order valence-electron chi connectivity index (χ2n) is 6.50. The highest BCUT2D eigenvalue weighted by atomic mass is 16.1. The second-order valence-corrected chi connectivity index (χ2v) is 6.50. The Kier molecular flexibility index (Phi) is 5.14. The zero-order valence-electron chi connectivity index (χ0n) is 15.3. The Bertz CT molecular complexity index is 1090.